The number of nitrogens with one attached hydrogen (secondary N) is 1. The summed E-state index contributed by atoms with van der Waals surface area (Å²) in [6.07, 6.45) is 2.12. The summed E-state index contributed by atoms with van der Waals surface area (Å²) < 4.78 is 5.35. The topological polar surface area (TPSA) is 82.8 Å². The molecule has 1 aliphatic rings. The molecule has 2 amide bonds. The van der Waals surface area contributed by atoms with Crippen LogP contribution in [-0.2, 0) is 6.54 Å². The maximum absolute atomic E-state index is 12.2. The average molecular weight is 294 g/mol. The Bertz CT molecular complexity index is 532. The molecular formula is C15H22N2O4. The number of carbonyl (C=O) groups is 2. The Morgan fingerprint density at radius 3 is 2.62 bits per heavy atom. The van der Waals surface area contributed by atoms with E-state index in [2.05, 4.69) is 19.2 Å². The maximum Gasteiger partial charge on any atom is 0.339 e. The molecule has 0 aromatic carbocycles. The summed E-state index contributed by atoms with van der Waals surface area (Å²) in [5.74, 6) is 0.209. The Hall–Kier alpha value is -1.98. The van der Waals surface area contributed by atoms with Gasteiger partial charge in [-0.05, 0) is 31.7 Å². The Morgan fingerprint density at radius 1 is 1.48 bits per heavy atom. The molecule has 116 valence electrons. The number of nitrogens with zero attached hydrogens (tertiary/aromatic N) is 1. The van der Waals surface area contributed by atoms with Crippen molar-refractivity contribution in [2.75, 3.05) is 6.54 Å². The lowest BCUT2D eigenvalue weighted by Crippen LogP contribution is -2.42. The van der Waals surface area contributed by atoms with Gasteiger partial charge in [-0.15, -0.1) is 0 Å². The minimum Gasteiger partial charge on any atom is -0.478 e. The van der Waals surface area contributed by atoms with Gasteiger partial charge in [-0.1, -0.05) is 13.8 Å². The number of furan rings is 1. The molecule has 2 N–H and O–H groups in total. The molecule has 0 radical (unpaired) electrons. The summed E-state index contributed by atoms with van der Waals surface area (Å²) in [4.78, 5) is 25.0. The third-order valence-electron chi connectivity index (χ3n) is 3.42. The number of hydrogen-bond acceptors (Lipinski definition) is 3. The fourth-order valence-corrected chi connectivity index (χ4v) is 2.28. The van der Waals surface area contributed by atoms with Gasteiger partial charge in [0.05, 0.1) is 6.54 Å². The maximum atomic E-state index is 12.2. The van der Waals surface area contributed by atoms with Crippen molar-refractivity contribution in [1.82, 2.24) is 10.2 Å². The Kier molecular flexibility index (Phi) is 4.55. The van der Waals surface area contributed by atoms with E-state index < -0.39 is 5.97 Å². The van der Waals surface area contributed by atoms with Crippen molar-refractivity contribution in [2.45, 2.75) is 46.2 Å². The van der Waals surface area contributed by atoms with Gasteiger partial charge >= 0.3 is 12.0 Å². The quantitative estimate of drug-likeness (QED) is 0.845. The van der Waals surface area contributed by atoms with Gasteiger partial charge in [0.15, 0.2) is 0 Å². The van der Waals surface area contributed by atoms with E-state index in [0.717, 1.165) is 19.4 Å². The molecule has 6 nitrogen and oxygen atoms in total. The number of carboxylic acids is 1. The molecule has 2 rings (SSSR count). The molecule has 1 fully saturated rings. The number of aryl methyl sites for hydroxylation is 1. The second-order valence-electron chi connectivity index (χ2n) is 5.92. The fourth-order valence-electron chi connectivity index (χ4n) is 2.28. The second kappa shape index (κ2) is 6.20. The summed E-state index contributed by atoms with van der Waals surface area (Å²) in [6, 6.07) is 1.69. The van der Waals surface area contributed by atoms with Gasteiger partial charge in [-0.25, -0.2) is 9.59 Å². The minimum atomic E-state index is -1.02. The van der Waals surface area contributed by atoms with E-state index in [9.17, 15) is 9.59 Å². The van der Waals surface area contributed by atoms with Crippen molar-refractivity contribution in [3.05, 3.63) is 23.2 Å². The lowest BCUT2D eigenvalue weighted by atomic mass is 10.2. The lowest BCUT2D eigenvalue weighted by Gasteiger charge is -2.24. The zero-order valence-corrected chi connectivity index (χ0v) is 12.7. The highest BCUT2D eigenvalue weighted by Crippen LogP contribution is 2.27. The lowest BCUT2D eigenvalue weighted by molar-refractivity contribution is 0.0695. The normalized spacial score (nSPS) is 14.3. The number of rotatable bonds is 6. The predicted molar refractivity (Wildman–Crippen MR) is 77.2 cm³/mol. The molecule has 0 saturated heterocycles. The van der Waals surface area contributed by atoms with Crippen LogP contribution in [-0.4, -0.2) is 34.6 Å². The van der Waals surface area contributed by atoms with Crippen LogP contribution in [0.2, 0.25) is 0 Å². The molecule has 1 aromatic rings. The zero-order chi connectivity index (χ0) is 15.6. The molecule has 1 saturated carbocycles. The van der Waals surface area contributed by atoms with Gasteiger partial charge in [0.25, 0.3) is 0 Å². The molecule has 0 spiro atoms. The smallest absolute Gasteiger partial charge is 0.339 e. The van der Waals surface area contributed by atoms with Crippen molar-refractivity contribution in [2.24, 2.45) is 5.92 Å². The van der Waals surface area contributed by atoms with Gasteiger partial charge in [0.2, 0.25) is 0 Å². The van der Waals surface area contributed by atoms with Crippen LogP contribution in [0.5, 0.6) is 0 Å². The van der Waals surface area contributed by atoms with E-state index in [4.69, 9.17) is 9.52 Å². The van der Waals surface area contributed by atoms with E-state index in [1.807, 2.05) is 4.90 Å². The first-order chi connectivity index (χ1) is 9.88. The highest BCUT2D eigenvalue weighted by molar-refractivity contribution is 5.88. The molecule has 1 aromatic heterocycles. The molecule has 1 aliphatic carbocycles. The van der Waals surface area contributed by atoms with Crippen LogP contribution < -0.4 is 5.32 Å². The molecule has 21 heavy (non-hydrogen) atoms. The number of aromatic carboxylic acids is 1. The van der Waals surface area contributed by atoms with Crippen molar-refractivity contribution < 1.29 is 19.1 Å². The average Bonchev–Trinajstić information content (AvgIpc) is 3.16. The van der Waals surface area contributed by atoms with E-state index in [1.165, 1.54) is 6.07 Å². The largest absolute Gasteiger partial charge is 0.478 e. The number of urea groups is 1. The summed E-state index contributed by atoms with van der Waals surface area (Å²) in [7, 11) is 0. The monoisotopic (exact) mass is 294 g/mol. The molecule has 0 aliphatic heterocycles. The molecule has 0 unspecified atom stereocenters. The van der Waals surface area contributed by atoms with Crippen molar-refractivity contribution in [3.63, 3.8) is 0 Å². The van der Waals surface area contributed by atoms with E-state index >= 15 is 0 Å². The second-order valence-corrected chi connectivity index (χ2v) is 5.92. The Balaban J connectivity index is 1.93. The van der Waals surface area contributed by atoms with Gasteiger partial charge in [-0.3, -0.25) is 0 Å². The SMILES string of the molecule is Cc1oc(CNC(=O)N(CC(C)C)C2CC2)cc1C(=O)O. The zero-order valence-electron chi connectivity index (χ0n) is 12.7. The first kappa shape index (κ1) is 15.4. The van der Waals surface area contributed by atoms with Crippen LogP contribution in [0.1, 0.15) is 48.6 Å². The summed E-state index contributed by atoms with van der Waals surface area (Å²) in [5.41, 5.74) is 0.139. The highest BCUT2D eigenvalue weighted by atomic mass is 16.4. The fraction of sp³-hybridized carbons (Fsp3) is 0.600. The van der Waals surface area contributed by atoms with Crippen molar-refractivity contribution in [3.8, 4) is 0 Å². The summed E-state index contributed by atoms with van der Waals surface area (Å²) in [6.45, 7) is 6.70. The number of carboxylic acid groups (broad SMARTS) is 1. The number of amides is 2. The Labute approximate surface area is 124 Å². The van der Waals surface area contributed by atoms with E-state index in [1.54, 1.807) is 6.92 Å². The van der Waals surface area contributed by atoms with Gasteiger partial charge in [0.1, 0.15) is 17.1 Å². The van der Waals surface area contributed by atoms with Gasteiger partial charge in [0, 0.05) is 12.6 Å². The molecule has 0 atom stereocenters. The third kappa shape index (κ3) is 4.00. The third-order valence-corrected chi connectivity index (χ3v) is 3.42. The van der Waals surface area contributed by atoms with Crippen LogP contribution in [0.4, 0.5) is 4.79 Å². The first-order valence-electron chi connectivity index (χ1n) is 7.25. The summed E-state index contributed by atoms with van der Waals surface area (Å²) in [5, 5.41) is 11.8. The van der Waals surface area contributed by atoms with Crippen LogP contribution in [0.25, 0.3) is 0 Å². The van der Waals surface area contributed by atoms with Gasteiger partial charge in [-0.2, -0.15) is 0 Å². The van der Waals surface area contributed by atoms with Crippen LogP contribution in [0.3, 0.4) is 0 Å². The number of hydrogen-bond donors (Lipinski definition) is 2. The van der Waals surface area contributed by atoms with Crippen molar-refractivity contribution >= 4 is 12.0 Å². The summed E-state index contributed by atoms with van der Waals surface area (Å²) >= 11 is 0. The first-order valence-corrected chi connectivity index (χ1v) is 7.25. The minimum absolute atomic E-state index is 0.114. The van der Waals surface area contributed by atoms with Gasteiger partial charge < -0.3 is 19.7 Å². The highest BCUT2D eigenvalue weighted by Gasteiger charge is 2.32. The standard InChI is InChI=1S/C15H22N2O4/c1-9(2)8-17(11-4-5-11)15(20)16-7-12-6-13(14(18)19)10(3)21-12/h6,9,11H,4-5,7-8H2,1-3H3,(H,16,20)(H,18,19). The van der Waals surface area contributed by atoms with Crippen LogP contribution >= 0.6 is 0 Å². The van der Waals surface area contributed by atoms with Crippen molar-refractivity contribution in [1.29, 1.82) is 0 Å². The van der Waals surface area contributed by atoms with Crippen LogP contribution in [0.15, 0.2) is 10.5 Å². The van der Waals surface area contributed by atoms with E-state index in [0.29, 0.717) is 23.5 Å². The number of carbonyl (C=O) groups excluding carboxylic acids is 1. The molecule has 1 heterocycles. The predicted octanol–water partition coefficient (Wildman–Crippen LogP) is 2.62. The van der Waals surface area contributed by atoms with E-state index in [-0.39, 0.29) is 18.1 Å². The molecule has 6 heteroatoms. The molecular weight excluding hydrogens is 272 g/mol. The van der Waals surface area contributed by atoms with Crippen LogP contribution in [0, 0.1) is 12.8 Å². The Morgan fingerprint density at radius 2 is 2.14 bits per heavy atom. The molecule has 0 bridgehead atoms.